The second-order valence-electron chi connectivity index (χ2n) is 3.84. The highest BCUT2D eigenvalue weighted by atomic mass is 16.5. The maximum Gasteiger partial charge on any atom is 0.326 e. The van der Waals surface area contributed by atoms with Crippen LogP contribution in [0.3, 0.4) is 0 Å². The van der Waals surface area contributed by atoms with Gasteiger partial charge in [0.1, 0.15) is 6.04 Å². The van der Waals surface area contributed by atoms with Crippen LogP contribution < -0.4 is 5.32 Å². The van der Waals surface area contributed by atoms with Crippen molar-refractivity contribution >= 4 is 17.8 Å². The summed E-state index contributed by atoms with van der Waals surface area (Å²) in [6, 6.07) is -1.03. The number of carboxylic acid groups (broad SMARTS) is 2. The van der Waals surface area contributed by atoms with Crippen LogP contribution in [0.15, 0.2) is 0 Å². The Hall–Kier alpha value is -1.63. The largest absolute Gasteiger partial charge is 0.481 e. The van der Waals surface area contributed by atoms with Crippen LogP contribution in [0.2, 0.25) is 0 Å². The molecule has 0 aliphatic carbocycles. The van der Waals surface area contributed by atoms with Gasteiger partial charge in [-0.3, -0.25) is 9.59 Å². The fourth-order valence-corrected chi connectivity index (χ4v) is 1.36. The zero-order valence-corrected chi connectivity index (χ0v) is 10.3. The van der Waals surface area contributed by atoms with Gasteiger partial charge in [-0.1, -0.05) is 0 Å². The highest BCUT2D eigenvalue weighted by molar-refractivity contribution is 5.83. The zero-order valence-electron chi connectivity index (χ0n) is 10.3. The van der Waals surface area contributed by atoms with Crippen LogP contribution in [0.5, 0.6) is 0 Å². The van der Waals surface area contributed by atoms with Crippen molar-refractivity contribution < 1.29 is 29.3 Å². The Morgan fingerprint density at radius 2 is 1.83 bits per heavy atom. The zero-order chi connectivity index (χ0) is 14.0. The van der Waals surface area contributed by atoms with E-state index in [9.17, 15) is 14.4 Å². The highest BCUT2D eigenvalue weighted by Gasteiger charge is 2.19. The predicted octanol–water partition coefficient (Wildman–Crippen LogP) is 0.237. The number of rotatable bonds is 10. The number of hydrogen-bond acceptors (Lipinski definition) is 4. The Kier molecular flexibility index (Phi) is 8.55. The Morgan fingerprint density at radius 3 is 2.33 bits per heavy atom. The van der Waals surface area contributed by atoms with E-state index in [4.69, 9.17) is 14.9 Å². The third kappa shape index (κ3) is 8.51. The lowest BCUT2D eigenvalue weighted by Crippen LogP contribution is -2.40. The van der Waals surface area contributed by atoms with Gasteiger partial charge in [0.05, 0.1) is 0 Å². The van der Waals surface area contributed by atoms with E-state index >= 15 is 0 Å². The first kappa shape index (κ1) is 16.4. The number of nitrogens with one attached hydrogen (secondary N) is 1. The summed E-state index contributed by atoms with van der Waals surface area (Å²) < 4.78 is 4.77. The molecule has 0 spiro atoms. The molecule has 0 bridgehead atoms. The number of carbonyl (C=O) groups is 3. The number of aliphatic carboxylic acids is 2. The molecule has 3 N–H and O–H groups in total. The van der Waals surface area contributed by atoms with E-state index in [-0.39, 0.29) is 31.6 Å². The van der Waals surface area contributed by atoms with Crippen LogP contribution in [0.4, 0.5) is 0 Å². The van der Waals surface area contributed by atoms with Gasteiger partial charge in [0, 0.05) is 26.6 Å². The lowest BCUT2D eigenvalue weighted by molar-refractivity contribution is -0.142. The molecule has 0 aliphatic heterocycles. The molecule has 0 rings (SSSR count). The number of methoxy groups -OCH3 is 1. The monoisotopic (exact) mass is 261 g/mol. The van der Waals surface area contributed by atoms with Crippen molar-refractivity contribution in [3.8, 4) is 0 Å². The summed E-state index contributed by atoms with van der Waals surface area (Å²) in [4.78, 5) is 32.5. The third-order valence-corrected chi connectivity index (χ3v) is 2.27. The fourth-order valence-electron chi connectivity index (χ4n) is 1.36. The van der Waals surface area contributed by atoms with Gasteiger partial charge in [0.25, 0.3) is 0 Å². The molecule has 0 radical (unpaired) electrons. The molecule has 0 aromatic heterocycles. The summed E-state index contributed by atoms with van der Waals surface area (Å²) in [6.07, 6.45) is 0.923. The lowest BCUT2D eigenvalue weighted by atomic mass is 10.1. The van der Waals surface area contributed by atoms with Gasteiger partial charge in [-0.15, -0.1) is 0 Å². The first-order chi connectivity index (χ1) is 8.47. The molecule has 0 aromatic rings. The normalized spacial score (nSPS) is 11.8. The molecule has 7 heteroatoms. The Morgan fingerprint density at radius 1 is 1.17 bits per heavy atom. The SMILES string of the molecule is COCCCC(=O)N[C@H](CCCC(=O)O)C(=O)O. The molecule has 104 valence electrons. The number of hydrogen-bond donors (Lipinski definition) is 3. The van der Waals surface area contributed by atoms with Crippen LogP contribution >= 0.6 is 0 Å². The van der Waals surface area contributed by atoms with Gasteiger partial charge in [0.2, 0.25) is 5.91 Å². The molecule has 0 unspecified atom stereocenters. The van der Waals surface area contributed by atoms with Gasteiger partial charge in [-0.05, 0) is 19.3 Å². The number of ether oxygens (including phenoxy) is 1. The molecule has 7 nitrogen and oxygen atoms in total. The second-order valence-corrected chi connectivity index (χ2v) is 3.84. The van der Waals surface area contributed by atoms with Crippen molar-refractivity contribution in [1.29, 1.82) is 0 Å². The molecular formula is C11H19NO6. The number of amides is 1. The van der Waals surface area contributed by atoms with Gasteiger partial charge >= 0.3 is 11.9 Å². The van der Waals surface area contributed by atoms with Gasteiger partial charge in [-0.2, -0.15) is 0 Å². The summed E-state index contributed by atoms with van der Waals surface area (Å²) in [5.74, 6) is -2.50. The van der Waals surface area contributed by atoms with Gasteiger partial charge in [0.15, 0.2) is 0 Å². The molecular weight excluding hydrogens is 242 g/mol. The van der Waals surface area contributed by atoms with Gasteiger partial charge in [-0.25, -0.2) is 4.79 Å². The second kappa shape index (κ2) is 9.41. The summed E-state index contributed by atoms with van der Waals surface area (Å²) in [6.45, 7) is 0.435. The maximum atomic E-state index is 11.4. The molecule has 0 saturated carbocycles. The van der Waals surface area contributed by atoms with Crippen LogP contribution in [-0.2, 0) is 19.1 Å². The van der Waals surface area contributed by atoms with E-state index in [1.54, 1.807) is 0 Å². The highest BCUT2D eigenvalue weighted by Crippen LogP contribution is 2.02. The average molecular weight is 261 g/mol. The fraction of sp³-hybridized carbons (Fsp3) is 0.727. The maximum absolute atomic E-state index is 11.4. The van der Waals surface area contributed by atoms with E-state index in [1.807, 2.05) is 0 Å². The molecule has 0 heterocycles. The standard InChI is InChI=1S/C11H19NO6/c1-18-7-3-5-9(13)12-8(11(16)17)4-2-6-10(14)15/h8H,2-7H2,1H3,(H,12,13)(H,14,15)(H,16,17)/t8-/m1/s1. The number of carbonyl (C=O) groups excluding carboxylic acids is 1. The molecule has 1 amide bonds. The van der Waals surface area contributed by atoms with Crippen molar-refractivity contribution in [2.75, 3.05) is 13.7 Å². The first-order valence-electron chi connectivity index (χ1n) is 5.70. The minimum absolute atomic E-state index is 0.108. The Bertz CT molecular complexity index is 291. The average Bonchev–Trinajstić information content (AvgIpc) is 2.27. The molecule has 1 atom stereocenters. The molecule has 0 fully saturated rings. The number of carboxylic acids is 2. The van der Waals surface area contributed by atoms with E-state index in [2.05, 4.69) is 5.32 Å². The smallest absolute Gasteiger partial charge is 0.326 e. The van der Waals surface area contributed by atoms with E-state index < -0.39 is 18.0 Å². The minimum Gasteiger partial charge on any atom is -0.481 e. The van der Waals surface area contributed by atoms with Crippen molar-refractivity contribution in [2.24, 2.45) is 0 Å². The molecule has 0 aromatic carbocycles. The van der Waals surface area contributed by atoms with E-state index in [1.165, 1.54) is 7.11 Å². The van der Waals surface area contributed by atoms with E-state index in [0.717, 1.165) is 0 Å². The summed E-state index contributed by atoms with van der Waals surface area (Å²) in [5.41, 5.74) is 0. The summed E-state index contributed by atoms with van der Waals surface area (Å²) in [7, 11) is 1.52. The summed E-state index contributed by atoms with van der Waals surface area (Å²) >= 11 is 0. The van der Waals surface area contributed by atoms with Crippen LogP contribution in [-0.4, -0.2) is 47.8 Å². The van der Waals surface area contributed by atoms with Crippen molar-refractivity contribution in [3.63, 3.8) is 0 Å². The van der Waals surface area contributed by atoms with Crippen LogP contribution in [0.1, 0.15) is 32.1 Å². The van der Waals surface area contributed by atoms with Crippen LogP contribution in [0.25, 0.3) is 0 Å². The molecule has 0 aliphatic rings. The van der Waals surface area contributed by atoms with Crippen molar-refractivity contribution in [3.05, 3.63) is 0 Å². The quantitative estimate of drug-likeness (QED) is 0.485. The molecule has 18 heavy (non-hydrogen) atoms. The molecule has 0 saturated heterocycles. The topological polar surface area (TPSA) is 113 Å². The van der Waals surface area contributed by atoms with Crippen molar-refractivity contribution in [1.82, 2.24) is 5.32 Å². The minimum atomic E-state index is -1.15. The summed E-state index contributed by atoms with van der Waals surface area (Å²) in [5, 5.41) is 19.7. The Labute approximate surface area is 105 Å². The first-order valence-corrected chi connectivity index (χ1v) is 5.70. The van der Waals surface area contributed by atoms with Crippen molar-refractivity contribution in [2.45, 2.75) is 38.1 Å². The van der Waals surface area contributed by atoms with E-state index in [0.29, 0.717) is 13.0 Å². The third-order valence-electron chi connectivity index (χ3n) is 2.27. The predicted molar refractivity (Wildman–Crippen MR) is 62.2 cm³/mol. The van der Waals surface area contributed by atoms with Crippen LogP contribution in [0, 0.1) is 0 Å². The lowest BCUT2D eigenvalue weighted by Gasteiger charge is -2.13. The van der Waals surface area contributed by atoms with Gasteiger partial charge < -0.3 is 20.3 Å². The Balaban J connectivity index is 3.99.